The Morgan fingerprint density at radius 2 is 1.82 bits per heavy atom. The number of carbonyl (C=O) groups is 1. The molecule has 0 aromatic heterocycles. The average molecular weight is 313 g/mol. The first kappa shape index (κ1) is 15.1. The second-order valence-corrected chi connectivity index (χ2v) is 4.42. The zero-order valence-corrected chi connectivity index (χ0v) is 13.1. The molecule has 0 unspecified atom stereocenters. The Labute approximate surface area is 127 Å². The molecule has 2 rings (SSSR count). The van der Waals surface area contributed by atoms with Gasteiger partial charge in [0.2, 0.25) is 5.91 Å². The van der Waals surface area contributed by atoms with E-state index in [-0.39, 0.29) is 38.6 Å². The normalized spacial score (nSPS) is 21.7. The van der Waals surface area contributed by atoms with Crippen molar-refractivity contribution in [3.8, 4) is 0 Å². The predicted molar refractivity (Wildman–Crippen MR) is 59.5 cm³/mol. The fourth-order valence-corrected chi connectivity index (χ4v) is 2.29. The van der Waals surface area contributed by atoms with Crippen molar-refractivity contribution in [3.05, 3.63) is 0 Å². The molecule has 0 aliphatic carbocycles. The largest absolute Gasteiger partial charge is 0.520 e. The van der Waals surface area contributed by atoms with Crippen LogP contribution in [0.2, 0.25) is 0 Å². The monoisotopic (exact) mass is 313 g/mol. The van der Waals surface area contributed by atoms with Crippen molar-refractivity contribution in [2.75, 3.05) is 39.3 Å². The molecule has 0 spiro atoms. The second kappa shape index (κ2) is 6.81. The maximum atomic E-state index is 11.4. The minimum Gasteiger partial charge on any atom is -0.520 e. The van der Waals surface area contributed by atoms with E-state index in [0.29, 0.717) is 12.5 Å². The van der Waals surface area contributed by atoms with Gasteiger partial charge >= 0.3 is 0 Å². The number of hydrogen-bond acceptors (Lipinski definition) is 3. The minimum absolute atomic E-state index is 0. The van der Waals surface area contributed by atoms with Gasteiger partial charge in [-0.25, -0.2) is 0 Å². The summed E-state index contributed by atoms with van der Waals surface area (Å²) in [5.41, 5.74) is 0. The SMILES string of the molecule is CCC(=O)N1CC(N2CCN([C-]=O)CC2)C1.[Y]. The maximum Gasteiger partial charge on any atom is 0.222 e. The van der Waals surface area contributed by atoms with Gasteiger partial charge in [-0.3, -0.25) is 9.69 Å². The van der Waals surface area contributed by atoms with Crippen LogP contribution in [0.15, 0.2) is 0 Å². The van der Waals surface area contributed by atoms with Crippen LogP contribution in [-0.2, 0) is 42.3 Å². The molecule has 0 aromatic rings. The van der Waals surface area contributed by atoms with Gasteiger partial charge in [0.15, 0.2) is 0 Å². The summed E-state index contributed by atoms with van der Waals surface area (Å²) < 4.78 is 0. The van der Waals surface area contributed by atoms with Gasteiger partial charge in [-0.05, 0) is 0 Å². The number of likely N-dealkylation sites (tertiary alicyclic amines) is 1. The van der Waals surface area contributed by atoms with E-state index in [2.05, 4.69) is 4.90 Å². The summed E-state index contributed by atoms with van der Waals surface area (Å²) in [6, 6.07) is 0.504. The fraction of sp³-hybridized carbons (Fsp3) is 0.818. The van der Waals surface area contributed by atoms with Crippen LogP contribution in [0.4, 0.5) is 0 Å². The molecule has 2 saturated heterocycles. The number of nitrogens with zero attached hydrogens (tertiary/aromatic N) is 3. The third-order valence-corrected chi connectivity index (χ3v) is 3.48. The Morgan fingerprint density at radius 3 is 2.29 bits per heavy atom. The van der Waals surface area contributed by atoms with Crippen LogP contribution in [0.5, 0.6) is 0 Å². The minimum atomic E-state index is 0. The number of piperazine rings is 1. The molecule has 2 fully saturated rings. The molecule has 2 heterocycles. The molecule has 0 saturated carbocycles. The van der Waals surface area contributed by atoms with Gasteiger partial charge in [0.1, 0.15) is 0 Å². The van der Waals surface area contributed by atoms with E-state index in [4.69, 9.17) is 0 Å². The van der Waals surface area contributed by atoms with Crippen molar-refractivity contribution in [1.29, 1.82) is 0 Å². The van der Waals surface area contributed by atoms with Crippen LogP contribution >= 0.6 is 0 Å². The standard InChI is InChI=1S/C11H18N3O2.Y/c1-2-11(16)14-7-10(8-14)13-5-3-12(9-15)4-6-13;/h10H,2-8H2,1H3;/q-1;. The van der Waals surface area contributed by atoms with Crippen molar-refractivity contribution in [3.63, 3.8) is 0 Å². The van der Waals surface area contributed by atoms with Crippen molar-refractivity contribution < 1.29 is 42.3 Å². The molecule has 2 aliphatic heterocycles. The van der Waals surface area contributed by atoms with Gasteiger partial charge in [0, 0.05) is 84.4 Å². The molecule has 2 amide bonds. The zero-order valence-electron chi connectivity index (χ0n) is 10.3. The summed E-state index contributed by atoms with van der Waals surface area (Å²) in [7, 11) is 0. The fourth-order valence-electron chi connectivity index (χ4n) is 2.29. The molecular formula is C11H18N3O2Y-. The Hall–Kier alpha value is 0.00390. The molecule has 6 heteroatoms. The summed E-state index contributed by atoms with van der Waals surface area (Å²) in [4.78, 5) is 27.8. The van der Waals surface area contributed by atoms with Gasteiger partial charge in [0.25, 0.3) is 0 Å². The number of rotatable bonds is 3. The van der Waals surface area contributed by atoms with Crippen LogP contribution in [0.3, 0.4) is 0 Å². The Balaban J connectivity index is 0.00000144. The third-order valence-electron chi connectivity index (χ3n) is 3.48. The molecule has 5 nitrogen and oxygen atoms in total. The molecule has 0 bridgehead atoms. The van der Waals surface area contributed by atoms with Crippen molar-refractivity contribution in [2.24, 2.45) is 0 Å². The number of carbonyl (C=O) groups excluding carboxylic acids is 2. The molecule has 0 aromatic carbocycles. The van der Waals surface area contributed by atoms with E-state index in [1.807, 2.05) is 18.2 Å². The molecular weight excluding hydrogens is 295 g/mol. The summed E-state index contributed by atoms with van der Waals surface area (Å²) in [5.74, 6) is 0.246. The van der Waals surface area contributed by atoms with Crippen LogP contribution < -0.4 is 0 Å². The summed E-state index contributed by atoms with van der Waals surface area (Å²) >= 11 is 0. The van der Waals surface area contributed by atoms with Crippen molar-refractivity contribution in [2.45, 2.75) is 19.4 Å². The molecule has 0 N–H and O–H groups in total. The number of amides is 2. The summed E-state index contributed by atoms with van der Waals surface area (Å²) in [5, 5.41) is 0. The second-order valence-electron chi connectivity index (χ2n) is 4.42. The van der Waals surface area contributed by atoms with Gasteiger partial charge in [-0.15, -0.1) is 0 Å². The smallest absolute Gasteiger partial charge is 0.222 e. The zero-order chi connectivity index (χ0) is 11.5. The van der Waals surface area contributed by atoms with Crippen LogP contribution in [0.25, 0.3) is 0 Å². The van der Waals surface area contributed by atoms with Crippen LogP contribution in [0.1, 0.15) is 13.3 Å². The molecule has 17 heavy (non-hydrogen) atoms. The molecule has 0 atom stereocenters. The van der Waals surface area contributed by atoms with E-state index in [9.17, 15) is 9.59 Å². The first-order valence-corrected chi connectivity index (χ1v) is 5.89. The van der Waals surface area contributed by atoms with Gasteiger partial charge in [-0.2, -0.15) is 6.41 Å². The molecule has 1 radical (unpaired) electrons. The van der Waals surface area contributed by atoms with E-state index >= 15 is 0 Å². The van der Waals surface area contributed by atoms with Gasteiger partial charge in [-0.1, -0.05) is 6.92 Å². The third kappa shape index (κ3) is 3.49. The van der Waals surface area contributed by atoms with Crippen molar-refractivity contribution in [1.82, 2.24) is 14.7 Å². The molecule has 2 aliphatic rings. The van der Waals surface area contributed by atoms with Gasteiger partial charge < -0.3 is 14.6 Å². The summed E-state index contributed by atoms with van der Waals surface area (Å²) in [6.45, 7) is 6.97. The quantitative estimate of drug-likeness (QED) is 0.647. The first-order valence-electron chi connectivity index (χ1n) is 5.89. The van der Waals surface area contributed by atoms with E-state index in [1.54, 1.807) is 4.90 Å². The van der Waals surface area contributed by atoms with E-state index < -0.39 is 0 Å². The van der Waals surface area contributed by atoms with Gasteiger partial charge in [0.05, 0.1) is 0 Å². The van der Waals surface area contributed by atoms with Crippen molar-refractivity contribution >= 4 is 12.3 Å². The number of hydrogen-bond donors (Lipinski definition) is 0. The van der Waals surface area contributed by atoms with E-state index in [1.165, 1.54) is 0 Å². The Kier molecular flexibility index (Phi) is 6.03. The predicted octanol–water partition coefficient (Wildman–Crippen LogP) is -0.710. The van der Waals surface area contributed by atoms with E-state index in [0.717, 1.165) is 39.3 Å². The Bertz CT molecular complexity index is 274. The maximum absolute atomic E-state index is 11.4. The topological polar surface area (TPSA) is 43.9 Å². The molecule has 93 valence electrons. The Morgan fingerprint density at radius 1 is 1.24 bits per heavy atom. The van der Waals surface area contributed by atoms with Crippen LogP contribution in [-0.4, -0.2) is 72.3 Å². The summed E-state index contributed by atoms with van der Waals surface area (Å²) in [6.07, 6.45) is 2.53. The van der Waals surface area contributed by atoms with Crippen LogP contribution in [0, 0.1) is 0 Å². The average Bonchev–Trinajstić information content (AvgIpc) is 2.27. The first-order chi connectivity index (χ1) is 7.74.